The van der Waals surface area contributed by atoms with E-state index in [9.17, 15) is 13.2 Å². The molecule has 0 unspecified atom stereocenters. The minimum Gasteiger partial charge on any atom is -0.166 e. The summed E-state index contributed by atoms with van der Waals surface area (Å²) in [6, 6.07) is 73.9. The second kappa shape index (κ2) is 38.7. The van der Waals surface area contributed by atoms with Crippen LogP contribution in [0, 0.1) is 130 Å². The molecule has 1 saturated carbocycles. The highest BCUT2D eigenvalue weighted by molar-refractivity contribution is 5.89. The lowest BCUT2D eigenvalue weighted by Crippen LogP contribution is -2.08. The first-order valence-corrected chi connectivity index (χ1v) is 36.2. The van der Waals surface area contributed by atoms with Gasteiger partial charge in [0.05, 0.1) is 5.56 Å². The first-order chi connectivity index (χ1) is 47.0. The van der Waals surface area contributed by atoms with Crippen LogP contribution < -0.4 is 0 Å². The second-order valence-corrected chi connectivity index (χ2v) is 28.6. The van der Waals surface area contributed by atoms with Gasteiger partial charge in [0.2, 0.25) is 0 Å². The summed E-state index contributed by atoms with van der Waals surface area (Å²) in [6.45, 7) is 42.3. The fourth-order valence-electron chi connectivity index (χ4n) is 13.0. The number of aryl methyl sites for hydroxylation is 18. The van der Waals surface area contributed by atoms with E-state index in [4.69, 9.17) is 0 Å². The number of hydrogen-bond acceptors (Lipinski definition) is 0. The van der Waals surface area contributed by atoms with Crippen LogP contribution in [0.1, 0.15) is 176 Å². The van der Waals surface area contributed by atoms with Crippen molar-refractivity contribution < 1.29 is 13.2 Å². The summed E-state index contributed by atoms with van der Waals surface area (Å²) >= 11 is 0. The summed E-state index contributed by atoms with van der Waals surface area (Å²) in [6.07, 6.45) is 8.20. The van der Waals surface area contributed by atoms with Gasteiger partial charge in [-0.3, -0.25) is 0 Å². The standard InChI is InChI=1S/3C12H12.C12H16.C12H12.C10H14.C9H9F3.C9H12.C8H16/c1-9-3-5-12-8-10(2)4-6-11(12)7-9;1-9-3-5-11-6-4-10(2)8-12(11)7-9;1-9-5-3-8-12-10(2)6-4-7-11(9)12;2*1-9-7-8-10(2)12-6-4-3-5-11(9)12;1-4-10-7-8(2)5-6-9(10)3;1-6-3-4-7(2)8(5-6)9(10,11)12;1-7-4-5-8(2)9(3)6-7;1-7-3-5-8(2)6-4-7/h3*3-8H,1-2H3;7-8H,3-6H2,1-2H3;3-8H,1-2H3;5-7H,4H2,1-3H3;3-5H,1-2H3;4-6H,1-3H3;7-8H,3-6H2,1-2H3. The van der Waals surface area contributed by atoms with Gasteiger partial charge in [0.25, 0.3) is 0 Å². The van der Waals surface area contributed by atoms with Crippen molar-refractivity contribution in [1.82, 2.24) is 0 Å². The Morgan fingerprint density at radius 1 is 0.283 bits per heavy atom. The molecule has 2 aliphatic carbocycles. The van der Waals surface area contributed by atoms with E-state index >= 15 is 0 Å². The maximum Gasteiger partial charge on any atom is 0.416 e. The third kappa shape index (κ3) is 25.3. The molecule has 12 aromatic carbocycles. The molecule has 2 aliphatic rings. The molecule has 0 radical (unpaired) electrons. The second-order valence-electron chi connectivity index (χ2n) is 28.6. The van der Waals surface area contributed by atoms with Crippen molar-refractivity contribution in [1.29, 1.82) is 0 Å². The van der Waals surface area contributed by atoms with Crippen LogP contribution in [-0.4, -0.2) is 0 Å². The van der Waals surface area contributed by atoms with Gasteiger partial charge in [0.15, 0.2) is 0 Å². The van der Waals surface area contributed by atoms with Crippen LogP contribution in [0.15, 0.2) is 212 Å². The molecule has 0 saturated heterocycles. The van der Waals surface area contributed by atoms with Crippen LogP contribution in [0.25, 0.3) is 43.1 Å². The first-order valence-electron chi connectivity index (χ1n) is 36.2. The minimum absolute atomic E-state index is 0.271. The molecule has 14 rings (SSSR count). The highest BCUT2D eigenvalue weighted by Crippen LogP contribution is 2.33. The van der Waals surface area contributed by atoms with E-state index in [1.165, 1.54) is 196 Å². The highest BCUT2D eigenvalue weighted by Gasteiger charge is 2.32. The molecule has 0 N–H and O–H groups in total. The van der Waals surface area contributed by atoms with E-state index in [-0.39, 0.29) is 5.56 Å². The molecule has 12 aromatic rings. The van der Waals surface area contributed by atoms with Gasteiger partial charge in [-0.05, 0) is 283 Å². The Hall–Kier alpha value is -8.53. The zero-order chi connectivity index (χ0) is 72.5. The van der Waals surface area contributed by atoms with Crippen molar-refractivity contribution in [2.24, 2.45) is 11.8 Å². The van der Waals surface area contributed by atoms with Gasteiger partial charge in [-0.1, -0.05) is 292 Å². The van der Waals surface area contributed by atoms with Crippen molar-refractivity contribution in [3.63, 3.8) is 0 Å². The summed E-state index contributed by atoms with van der Waals surface area (Å²) in [5.74, 6) is 2.04. The van der Waals surface area contributed by atoms with Gasteiger partial charge in [-0.2, -0.15) is 13.2 Å². The van der Waals surface area contributed by atoms with Gasteiger partial charge < -0.3 is 0 Å². The summed E-state index contributed by atoms with van der Waals surface area (Å²) in [4.78, 5) is 0. The number of fused-ring (bicyclic) bond motifs is 5. The van der Waals surface area contributed by atoms with Gasteiger partial charge in [0, 0.05) is 0 Å². The molecule has 0 aromatic heterocycles. The zero-order valence-corrected chi connectivity index (χ0v) is 63.9. The lowest BCUT2D eigenvalue weighted by molar-refractivity contribution is -0.138. The van der Waals surface area contributed by atoms with Crippen molar-refractivity contribution in [3.8, 4) is 0 Å². The SMILES string of the molecule is CC1CCC(C)CC1.CCc1cc(C)ccc1C.Cc1ccc(C)c(C(F)(F)F)c1.Cc1ccc(C)c(C)c1.Cc1ccc(C)c2c1CCCC2.Cc1ccc(C)c2ccccc12.Cc1ccc2cc(C)ccc2c1.Cc1ccc2ccc(C)cc2c1.Cc1cccc2c(C)cccc12. The molecule has 0 aliphatic heterocycles. The van der Waals surface area contributed by atoms with E-state index in [2.05, 4.69) is 319 Å². The zero-order valence-electron chi connectivity index (χ0n) is 63.9. The van der Waals surface area contributed by atoms with Gasteiger partial charge in [-0.15, -0.1) is 0 Å². The third-order valence-electron chi connectivity index (χ3n) is 19.6. The van der Waals surface area contributed by atoms with Crippen molar-refractivity contribution in [3.05, 3.63) is 329 Å². The lowest BCUT2D eigenvalue weighted by Gasteiger charge is -2.22. The number of hydrogen-bond donors (Lipinski definition) is 0. The molecule has 0 spiro atoms. The molecule has 0 atom stereocenters. The molecule has 0 bridgehead atoms. The molecule has 520 valence electrons. The Bertz CT molecular complexity index is 4290. The predicted molar refractivity (Wildman–Crippen MR) is 430 cm³/mol. The Morgan fingerprint density at radius 3 is 0.970 bits per heavy atom. The van der Waals surface area contributed by atoms with Crippen LogP contribution in [0.5, 0.6) is 0 Å². The van der Waals surface area contributed by atoms with Crippen LogP contribution in [0.3, 0.4) is 0 Å². The van der Waals surface area contributed by atoms with Crippen LogP contribution in [0.4, 0.5) is 13.2 Å². The maximum atomic E-state index is 12.2. The minimum atomic E-state index is -4.23. The van der Waals surface area contributed by atoms with Crippen LogP contribution in [0.2, 0.25) is 0 Å². The molecule has 99 heavy (non-hydrogen) atoms. The lowest BCUT2D eigenvalue weighted by atomic mass is 9.84. The quantitative estimate of drug-likeness (QED) is 0.154. The van der Waals surface area contributed by atoms with E-state index in [0.717, 1.165) is 24.3 Å². The van der Waals surface area contributed by atoms with E-state index in [1.54, 1.807) is 24.1 Å². The molecule has 0 amide bonds. The molecule has 0 heterocycles. The van der Waals surface area contributed by atoms with Gasteiger partial charge >= 0.3 is 6.18 Å². The molecular weight excluding hydrogens is 1210 g/mol. The van der Waals surface area contributed by atoms with Crippen molar-refractivity contribution in [2.75, 3.05) is 0 Å². The normalized spacial score (nSPS) is 13.5. The van der Waals surface area contributed by atoms with E-state index < -0.39 is 11.7 Å². The fraction of sp³-hybridized carbons (Fsp3) is 0.333. The number of benzene rings is 12. The van der Waals surface area contributed by atoms with Gasteiger partial charge in [-0.25, -0.2) is 0 Å². The Kier molecular flexibility index (Phi) is 31.1. The third-order valence-corrected chi connectivity index (χ3v) is 19.6. The van der Waals surface area contributed by atoms with Crippen LogP contribution in [-0.2, 0) is 25.4 Å². The number of halogens is 3. The largest absolute Gasteiger partial charge is 0.416 e. The Balaban J connectivity index is 0.000000176. The summed E-state index contributed by atoms with van der Waals surface area (Å²) < 4.78 is 36.7. The number of rotatable bonds is 1. The highest BCUT2D eigenvalue weighted by atomic mass is 19.4. The molecule has 0 nitrogen and oxygen atoms in total. The van der Waals surface area contributed by atoms with Gasteiger partial charge in [0.1, 0.15) is 0 Å². The topological polar surface area (TPSA) is 0 Å². The molecular formula is C96H115F3. The van der Waals surface area contributed by atoms with E-state index in [0.29, 0.717) is 5.56 Å². The predicted octanol–water partition coefficient (Wildman–Crippen LogP) is 28.6. The summed E-state index contributed by atoms with van der Waals surface area (Å²) in [5.41, 5.74) is 25.7. The van der Waals surface area contributed by atoms with Crippen molar-refractivity contribution in [2.45, 2.75) is 202 Å². The Morgan fingerprint density at radius 2 is 0.596 bits per heavy atom. The average Bonchev–Trinajstić information content (AvgIpc) is 0.839. The van der Waals surface area contributed by atoms with E-state index in [1.807, 2.05) is 0 Å². The fourth-order valence-corrected chi connectivity index (χ4v) is 13.0. The maximum absolute atomic E-state index is 12.2. The van der Waals surface area contributed by atoms with Crippen molar-refractivity contribution >= 4 is 43.1 Å². The molecule has 1 fully saturated rings. The summed E-state index contributed by atoms with van der Waals surface area (Å²) in [7, 11) is 0. The average molecular weight is 1330 g/mol. The first kappa shape index (κ1) is 79.5. The molecule has 3 heteroatoms. The summed E-state index contributed by atoms with van der Waals surface area (Å²) in [5, 5.41) is 10.8. The smallest absolute Gasteiger partial charge is 0.166 e. The monoisotopic (exact) mass is 1320 g/mol. The number of alkyl halides is 3. The Labute approximate surface area is 596 Å². The van der Waals surface area contributed by atoms with Crippen LogP contribution >= 0.6 is 0 Å².